The van der Waals surface area contributed by atoms with E-state index in [9.17, 15) is 0 Å². The molecular formula is C11H9IN2. The van der Waals surface area contributed by atoms with Crippen LogP contribution in [0.15, 0.2) is 42.6 Å². The number of hydrogen-bond acceptors (Lipinski definition) is 0. The van der Waals surface area contributed by atoms with Crippen LogP contribution in [-0.2, 0) is 0 Å². The summed E-state index contributed by atoms with van der Waals surface area (Å²) in [6.45, 7) is 0. The van der Waals surface area contributed by atoms with Gasteiger partial charge in [0.05, 0.1) is 10.9 Å². The maximum atomic E-state index is 3.35. The van der Waals surface area contributed by atoms with Crippen molar-refractivity contribution in [3.05, 3.63) is 42.6 Å². The zero-order valence-corrected chi connectivity index (χ0v) is 9.58. The summed E-state index contributed by atoms with van der Waals surface area (Å²) >= 11 is 0. The second-order valence-corrected chi connectivity index (χ2v) is 3.13. The first-order valence-electron chi connectivity index (χ1n) is 4.32. The number of nitrogens with one attached hydrogen (secondary N) is 2. The van der Waals surface area contributed by atoms with Crippen molar-refractivity contribution in [3.8, 4) is 0 Å². The lowest BCUT2D eigenvalue weighted by atomic mass is 10.2. The maximum Gasteiger partial charge on any atom is 0.236 e. The summed E-state index contributed by atoms with van der Waals surface area (Å²) in [7, 11) is 0. The molecule has 70 valence electrons. The number of fused-ring (bicyclic) bond motifs is 3. The highest BCUT2D eigenvalue weighted by Crippen LogP contribution is 2.20. The molecule has 0 aliphatic heterocycles. The smallest absolute Gasteiger partial charge is 0.236 e. The van der Waals surface area contributed by atoms with Gasteiger partial charge in [-0.2, -0.15) is 0 Å². The van der Waals surface area contributed by atoms with Crippen LogP contribution in [0.4, 0.5) is 0 Å². The van der Waals surface area contributed by atoms with E-state index in [1.807, 2.05) is 18.3 Å². The van der Waals surface area contributed by atoms with Crippen LogP contribution in [0.2, 0.25) is 0 Å². The van der Waals surface area contributed by atoms with Gasteiger partial charge in [-0.15, -0.1) is 0 Å². The molecule has 0 atom stereocenters. The van der Waals surface area contributed by atoms with Crippen LogP contribution in [0.25, 0.3) is 21.9 Å². The van der Waals surface area contributed by atoms with E-state index in [1.165, 1.54) is 16.4 Å². The van der Waals surface area contributed by atoms with Crippen molar-refractivity contribution < 1.29 is 29.0 Å². The van der Waals surface area contributed by atoms with Gasteiger partial charge in [0.1, 0.15) is 5.52 Å². The molecular weight excluding hydrogens is 287 g/mol. The van der Waals surface area contributed by atoms with E-state index in [0.29, 0.717) is 0 Å². The van der Waals surface area contributed by atoms with Gasteiger partial charge in [0.15, 0.2) is 6.20 Å². The highest BCUT2D eigenvalue weighted by atomic mass is 127. The summed E-state index contributed by atoms with van der Waals surface area (Å²) < 4.78 is 0. The first-order valence-corrected chi connectivity index (χ1v) is 4.32. The second kappa shape index (κ2) is 3.57. The Balaban J connectivity index is 0.000000750. The molecule has 14 heavy (non-hydrogen) atoms. The van der Waals surface area contributed by atoms with Gasteiger partial charge in [-0.25, -0.2) is 4.98 Å². The highest BCUT2D eigenvalue weighted by Gasteiger charge is 2.06. The largest absolute Gasteiger partial charge is 1.00 e. The summed E-state index contributed by atoms with van der Waals surface area (Å²) in [5.41, 5.74) is 3.52. The molecule has 3 rings (SSSR count). The minimum Gasteiger partial charge on any atom is -1.00 e. The van der Waals surface area contributed by atoms with Gasteiger partial charge in [0.25, 0.3) is 0 Å². The Kier molecular flexibility index (Phi) is 2.41. The first-order chi connectivity index (χ1) is 6.45. The van der Waals surface area contributed by atoms with E-state index in [2.05, 4.69) is 34.2 Å². The van der Waals surface area contributed by atoms with E-state index >= 15 is 0 Å². The minimum absolute atomic E-state index is 0. The molecule has 2 nitrogen and oxygen atoms in total. The number of H-pyrrole nitrogens is 2. The lowest BCUT2D eigenvalue weighted by Crippen LogP contribution is -3.00. The Morgan fingerprint density at radius 3 is 2.64 bits per heavy atom. The average Bonchev–Trinajstić information content (AvgIpc) is 2.56. The molecule has 0 spiro atoms. The van der Waals surface area contributed by atoms with Crippen molar-refractivity contribution >= 4 is 21.9 Å². The normalized spacial score (nSPS) is 10.3. The summed E-state index contributed by atoms with van der Waals surface area (Å²) in [4.78, 5) is 6.59. The number of benzene rings is 1. The quantitative estimate of drug-likeness (QED) is 0.523. The third-order valence-corrected chi connectivity index (χ3v) is 2.32. The molecule has 0 fully saturated rings. The molecule has 0 saturated heterocycles. The van der Waals surface area contributed by atoms with Gasteiger partial charge in [-0.1, -0.05) is 12.1 Å². The summed E-state index contributed by atoms with van der Waals surface area (Å²) in [6, 6.07) is 12.4. The summed E-state index contributed by atoms with van der Waals surface area (Å²) in [5, 5.41) is 1.25. The number of para-hydroxylation sites is 1. The molecule has 2 N–H and O–H groups in total. The van der Waals surface area contributed by atoms with Gasteiger partial charge in [-0.3, -0.25) is 0 Å². The van der Waals surface area contributed by atoms with Gasteiger partial charge < -0.3 is 29.0 Å². The van der Waals surface area contributed by atoms with Crippen molar-refractivity contribution in [2.75, 3.05) is 0 Å². The Labute approximate surface area is 98.4 Å². The molecule has 0 unspecified atom stereocenters. The molecule has 1 aromatic carbocycles. The van der Waals surface area contributed by atoms with Crippen LogP contribution < -0.4 is 29.0 Å². The second-order valence-electron chi connectivity index (χ2n) is 3.13. The number of aromatic nitrogens is 2. The van der Waals surface area contributed by atoms with Crippen LogP contribution in [0, 0.1) is 0 Å². The maximum absolute atomic E-state index is 3.35. The molecule has 2 aromatic heterocycles. The van der Waals surface area contributed by atoms with Gasteiger partial charge in [0, 0.05) is 6.07 Å². The fourth-order valence-corrected chi connectivity index (χ4v) is 1.72. The van der Waals surface area contributed by atoms with E-state index in [4.69, 9.17) is 0 Å². The minimum atomic E-state index is 0. The number of rotatable bonds is 0. The predicted molar refractivity (Wildman–Crippen MR) is 52.4 cm³/mol. The van der Waals surface area contributed by atoms with Crippen molar-refractivity contribution in [3.63, 3.8) is 0 Å². The van der Waals surface area contributed by atoms with Crippen molar-refractivity contribution in [1.82, 2.24) is 4.98 Å². The molecule has 0 aliphatic rings. The Hall–Kier alpha value is -1.10. The lowest BCUT2D eigenvalue weighted by molar-refractivity contribution is -0.343. The van der Waals surface area contributed by atoms with Crippen LogP contribution in [-0.4, -0.2) is 4.98 Å². The van der Waals surface area contributed by atoms with Gasteiger partial charge in [0.2, 0.25) is 5.52 Å². The van der Waals surface area contributed by atoms with E-state index in [-0.39, 0.29) is 24.0 Å². The van der Waals surface area contributed by atoms with Crippen LogP contribution in [0.3, 0.4) is 0 Å². The monoisotopic (exact) mass is 296 g/mol. The number of pyridine rings is 1. The van der Waals surface area contributed by atoms with Crippen molar-refractivity contribution in [2.45, 2.75) is 0 Å². The molecule has 0 radical (unpaired) electrons. The summed E-state index contributed by atoms with van der Waals surface area (Å²) in [5.74, 6) is 0. The highest BCUT2D eigenvalue weighted by molar-refractivity contribution is 6.02. The van der Waals surface area contributed by atoms with Crippen LogP contribution in [0.5, 0.6) is 0 Å². The topological polar surface area (TPSA) is 29.9 Å². The van der Waals surface area contributed by atoms with Crippen LogP contribution >= 0.6 is 0 Å². The molecule has 0 amide bonds. The SMILES string of the molecule is [I-].c1ccc2c(c1)[nH]c1ccc[nH+]c12. The fraction of sp³-hybridized carbons (Fsp3) is 0. The van der Waals surface area contributed by atoms with Crippen molar-refractivity contribution in [2.24, 2.45) is 0 Å². The van der Waals surface area contributed by atoms with E-state index in [1.54, 1.807) is 0 Å². The molecule has 3 aromatic rings. The molecule has 0 aliphatic carbocycles. The molecule has 0 saturated carbocycles. The number of hydrogen-bond donors (Lipinski definition) is 1. The van der Waals surface area contributed by atoms with E-state index < -0.39 is 0 Å². The molecule has 0 bridgehead atoms. The lowest BCUT2D eigenvalue weighted by Gasteiger charge is -1.82. The number of aromatic amines is 2. The Bertz CT molecular complexity index is 521. The molecule has 2 heterocycles. The Morgan fingerprint density at radius 1 is 0.929 bits per heavy atom. The standard InChI is InChI=1S/C11H8N2.HI/c1-2-5-9-8(4-1)11-10(13-9)6-3-7-12-11;/h1-7,13H;1H. The zero-order valence-electron chi connectivity index (χ0n) is 7.42. The molecule has 3 heteroatoms. The zero-order chi connectivity index (χ0) is 8.67. The average molecular weight is 296 g/mol. The Morgan fingerprint density at radius 2 is 1.71 bits per heavy atom. The van der Waals surface area contributed by atoms with Gasteiger partial charge in [-0.05, 0) is 18.2 Å². The van der Waals surface area contributed by atoms with Gasteiger partial charge >= 0.3 is 0 Å². The third kappa shape index (κ3) is 1.28. The number of halogens is 1. The predicted octanol–water partition coefficient (Wildman–Crippen LogP) is -0.861. The van der Waals surface area contributed by atoms with E-state index in [0.717, 1.165) is 5.52 Å². The van der Waals surface area contributed by atoms with Crippen molar-refractivity contribution in [1.29, 1.82) is 0 Å². The summed E-state index contributed by atoms with van der Waals surface area (Å²) in [6.07, 6.45) is 1.95. The fourth-order valence-electron chi connectivity index (χ4n) is 1.72. The third-order valence-electron chi connectivity index (χ3n) is 2.32. The van der Waals surface area contributed by atoms with Crippen LogP contribution in [0.1, 0.15) is 0 Å². The first kappa shape index (κ1) is 9.45.